The molecule has 1 amide bonds. The van der Waals surface area contributed by atoms with Gasteiger partial charge in [-0.3, -0.25) is 4.79 Å². The lowest BCUT2D eigenvalue weighted by Crippen LogP contribution is -2.52. The molecule has 0 bridgehead atoms. The van der Waals surface area contributed by atoms with Gasteiger partial charge in [-0.15, -0.1) is 0 Å². The van der Waals surface area contributed by atoms with Gasteiger partial charge in [-0.1, -0.05) is 0 Å². The predicted octanol–water partition coefficient (Wildman–Crippen LogP) is 2.35. The molecule has 1 unspecified atom stereocenters. The third-order valence-electron chi connectivity index (χ3n) is 3.97. The van der Waals surface area contributed by atoms with Crippen molar-refractivity contribution in [3.63, 3.8) is 0 Å². The van der Waals surface area contributed by atoms with E-state index in [0.717, 1.165) is 0 Å². The molecule has 122 valence electrons. The number of rotatable bonds is 4. The van der Waals surface area contributed by atoms with E-state index >= 15 is 0 Å². The number of fused-ring (bicyclic) bond motifs is 1. The molecule has 2 N–H and O–H groups in total. The van der Waals surface area contributed by atoms with Crippen molar-refractivity contribution >= 4 is 23.0 Å². The second-order valence-electron chi connectivity index (χ2n) is 5.40. The van der Waals surface area contributed by atoms with Crippen molar-refractivity contribution in [3.05, 3.63) is 30.2 Å². The molecule has 0 radical (unpaired) electrons. The Morgan fingerprint density at radius 1 is 1.30 bits per heavy atom. The number of carbonyl (C=O) groups is 2. The largest absolute Gasteiger partial charge is 0.480 e. The predicted molar refractivity (Wildman–Crippen MR) is 70.6 cm³/mol. The maximum Gasteiger partial charge on any atom is 0.397 e. The lowest BCUT2D eigenvalue weighted by molar-refractivity contribution is -0.200. The van der Waals surface area contributed by atoms with Crippen molar-refractivity contribution < 1.29 is 32.3 Å². The summed E-state index contributed by atoms with van der Waals surface area (Å²) < 4.78 is 44.3. The maximum absolute atomic E-state index is 13.1. The van der Waals surface area contributed by atoms with Gasteiger partial charge in [-0.05, 0) is 25.0 Å². The molecule has 0 aromatic carbocycles. The summed E-state index contributed by atoms with van der Waals surface area (Å²) in [6.07, 6.45) is -4.02. The number of carbonyl (C=O) groups excluding carboxylic acids is 1. The van der Waals surface area contributed by atoms with Gasteiger partial charge in [-0.2, -0.15) is 13.2 Å². The van der Waals surface area contributed by atoms with E-state index in [1.165, 1.54) is 24.5 Å². The van der Waals surface area contributed by atoms with Gasteiger partial charge in [-0.25, -0.2) is 9.78 Å². The molecule has 1 aliphatic carbocycles. The van der Waals surface area contributed by atoms with E-state index in [0.29, 0.717) is 11.1 Å². The highest BCUT2D eigenvalue weighted by Crippen LogP contribution is 2.59. The maximum atomic E-state index is 13.1. The summed E-state index contributed by atoms with van der Waals surface area (Å²) in [4.78, 5) is 27.2. The van der Waals surface area contributed by atoms with Crippen LogP contribution in [-0.4, -0.2) is 34.2 Å². The fraction of sp³-hybridized carbons (Fsp3) is 0.357. The Kier molecular flexibility index (Phi) is 3.31. The SMILES string of the molecule is O=C(NC(C(=O)O)C1(C(F)(F)F)CC1)c1ccc2occc2n1. The first-order valence-corrected chi connectivity index (χ1v) is 6.69. The smallest absolute Gasteiger partial charge is 0.397 e. The van der Waals surface area contributed by atoms with Gasteiger partial charge >= 0.3 is 12.1 Å². The molecule has 0 spiro atoms. The van der Waals surface area contributed by atoms with E-state index in [1.54, 1.807) is 0 Å². The number of hydrogen-bond donors (Lipinski definition) is 2. The van der Waals surface area contributed by atoms with Gasteiger partial charge in [0, 0.05) is 6.07 Å². The first kappa shape index (κ1) is 15.3. The molecule has 1 fully saturated rings. The summed E-state index contributed by atoms with van der Waals surface area (Å²) >= 11 is 0. The Morgan fingerprint density at radius 3 is 2.57 bits per heavy atom. The van der Waals surface area contributed by atoms with Crippen LogP contribution in [-0.2, 0) is 4.79 Å². The Hall–Kier alpha value is -2.58. The lowest BCUT2D eigenvalue weighted by Gasteiger charge is -2.26. The minimum absolute atomic E-state index is 0.178. The molecular formula is C14H11F3N2O4. The Bertz CT molecular complexity index is 780. The number of alkyl halides is 3. The summed E-state index contributed by atoms with van der Waals surface area (Å²) in [6.45, 7) is 0. The second kappa shape index (κ2) is 4.97. The molecule has 6 nitrogen and oxygen atoms in total. The first-order chi connectivity index (χ1) is 10.7. The number of hydrogen-bond acceptors (Lipinski definition) is 4. The second-order valence-corrected chi connectivity index (χ2v) is 5.40. The standard InChI is InChI=1S/C14H11F3N2O4/c15-14(16,17)13(4-5-13)10(12(21)22)19-11(20)8-1-2-9-7(18-8)3-6-23-9/h1-3,6,10H,4-5H2,(H,19,20)(H,21,22). The number of halogens is 3. The number of carboxylic acid groups (broad SMARTS) is 1. The first-order valence-electron chi connectivity index (χ1n) is 6.69. The van der Waals surface area contributed by atoms with Crippen molar-refractivity contribution in [2.75, 3.05) is 0 Å². The molecular weight excluding hydrogens is 317 g/mol. The minimum Gasteiger partial charge on any atom is -0.480 e. The average Bonchev–Trinajstić information content (AvgIpc) is 3.15. The van der Waals surface area contributed by atoms with Crippen LogP contribution in [0, 0.1) is 5.41 Å². The highest BCUT2D eigenvalue weighted by molar-refractivity contribution is 5.96. The van der Waals surface area contributed by atoms with E-state index in [2.05, 4.69) is 4.98 Å². The summed E-state index contributed by atoms with van der Waals surface area (Å²) in [5.41, 5.74) is -1.83. The van der Waals surface area contributed by atoms with Crippen molar-refractivity contribution in [2.45, 2.75) is 25.1 Å². The minimum atomic E-state index is -4.70. The summed E-state index contributed by atoms with van der Waals surface area (Å²) in [5.74, 6) is -2.70. The van der Waals surface area contributed by atoms with Gasteiger partial charge in [0.05, 0.1) is 11.7 Å². The van der Waals surface area contributed by atoms with Crippen LogP contribution in [0.1, 0.15) is 23.3 Å². The number of carboxylic acids is 1. The number of nitrogens with one attached hydrogen (secondary N) is 1. The van der Waals surface area contributed by atoms with Gasteiger partial charge in [0.25, 0.3) is 5.91 Å². The molecule has 9 heteroatoms. The third-order valence-corrected chi connectivity index (χ3v) is 3.97. The van der Waals surface area contributed by atoms with Crippen molar-refractivity contribution in [1.29, 1.82) is 0 Å². The Morgan fingerprint density at radius 2 is 2.00 bits per heavy atom. The van der Waals surface area contributed by atoms with Crippen molar-refractivity contribution in [1.82, 2.24) is 10.3 Å². The normalized spacial score (nSPS) is 17.7. The van der Waals surface area contributed by atoms with Crippen LogP contribution >= 0.6 is 0 Å². The number of pyridine rings is 1. The van der Waals surface area contributed by atoms with Gasteiger partial charge in [0.15, 0.2) is 5.58 Å². The van der Waals surface area contributed by atoms with Crippen LogP contribution < -0.4 is 5.32 Å². The van der Waals surface area contributed by atoms with E-state index < -0.39 is 29.5 Å². The molecule has 1 saturated carbocycles. The van der Waals surface area contributed by atoms with Crippen LogP contribution in [0.25, 0.3) is 11.1 Å². The number of aromatic nitrogens is 1. The van der Waals surface area contributed by atoms with Gasteiger partial charge in [0.2, 0.25) is 0 Å². The van der Waals surface area contributed by atoms with Crippen LogP contribution in [0.15, 0.2) is 28.9 Å². The van der Waals surface area contributed by atoms with E-state index in [1.807, 2.05) is 5.32 Å². The zero-order valence-electron chi connectivity index (χ0n) is 11.6. The highest BCUT2D eigenvalue weighted by atomic mass is 19.4. The van der Waals surface area contributed by atoms with E-state index in [-0.39, 0.29) is 18.5 Å². The monoisotopic (exact) mass is 328 g/mol. The number of aliphatic carboxylic acids is 1. The summed E-state index contributed by atoms with van der Waals surface area (Å²) in [6, 6.07) is 2.13. The zero-order valence-corrected chi connectivity index (χ0v) is 11.6. The molecule has 0 aliphatic heterocycles. The summed E-state index contributed by atoms with van der Waals surface area (Å²) in [5, 5.41) is 11.0. The molecule has 3 rings (SSSR count). The summed E-state index contributed by atoms with van der Waals surface area (Å²) in [7, 11) is 0. The number of furan rings is 1. The van der Waals surface area contributed by atoms with E-state index in [4.69, 9.17) is 9.52 Å². The topological polar surface area (TPSA) is 92.4 Å². The molecule has 2 aromatic rings. The Balaban J connectivity index is 1.86. The molecule has 23 heavy (non-hydrogen) atoms. The fourth-order valence-electron chi connectivity index (χ4n) is 2.49. The third kappa shape index (κ3) is 2.51. The van der Waals surface area contributed by atoms with Crippen LogP contribution in [0.2, 0.25) is 0 Å². The Labute approximate surface area is 127 Å². The lowest BCUT2D eigenvalue weighted by atomic mass is 9.95. The van der Waals surface area contributed by atoms with E-state index in [9.17, 15) is 22.8 Å². The average molecular weight is 328 g/mol. The van der Waals surface area contributed by atoms with Crippen molar-refractivity contribution in [3.8, 4) is 0 Å². The van der Waals surface area contributed by atoms with Crippen LogP contribution in [0.4, 0.5) is 13.2 Å². The zero-order chi connectivity index (χ0) is 16.8. The quantitative estimate of drug-likeness (QED) is 0.899. The van der Waals surface area contributed by atoms with Gasteiger partial charge in [0.1, 0.15) is 17.3 Å². The van der Waals surface area contributed by atoms with Crippen LogP contribution in [0.5, 0.6) is 0 Å². The molecule has 1 atom stereocenters. The molecule has 0 saturated heterocycles. The molecule has 1 aliphatic rings. The molecule has 2 heterocycles. The number of amides is 1. The fourth-order valence-corrected chi connectivity index (χ4v) is 2.49. The highest BCUT2D eigenvalue weighted by Gasteiger charge is 2.69. The number of nitrogens with zero attached hydrogens (tertiary/aromatic N) is 1. The van der Waals surface area contributed by atoms with Crippen LogP contribution in [0.3, 0.4) is 0 Å². The van der Waals surface area contributed by atoms with Crippen molar-refractivity contribution in [2.24, 2.45) is 5.41 Å². The van der Waals surface area contributed by atoms with Gasteiger partial charge < -0.3 is 14.8 Å². The molecule has 2 aromatic heterocycles.